The first kappa shape index (κ1) is 37.8. The quantitative estimate of drug-likeness (QED) is 0.147. The number of benzene rings is 2. The molecule has 8 rings (SSSR count). The summed E-state index contributed by atoms with van der Waals surface area (Å²) in [6.45, 7) is 0.688. The summed E-state index contributed by atoms with van der Waals surface area (Å²) in [4.78, 5) is 18.9. The number of nitrogens with zero attached hydrogens (tertiary/aromatic N) is 7. The van der Waals surface area contributed by atoms with Crippen LogP contribution in [0, 0.1) is 23.5 Å². The Kier molecular flexibility index (Phi) is 8.76. The van der Waals surface area contributed by atoms with Crippen LogP contribution >= 0.6 is 11.6 Å². The summed E-state index contributed by atoms with van der Waals surface area (Å²) in [5, 5.41) is 11.5. The number of hydrogen-bond acceptors (Lipinski definition) is 6. The lowest BCUT2D eigenvalue weighted by molar-refractivity contribution is -0.123. The van der Waals surface area contributed by atoms with E-state index in [4.69, 9.17) is 16.6 Å². The number of aryl methyl sites for hydroxylation is 2. The summed E-state index contributed by atoms with van der Waals surface area (Å²) in [5.41, 5.74) is 0.804. The van der Waals surface area contributed by atoms with Crippen molar-refractivity contribution in [3.05, 3.63) is 93.5 Å². The Hall–Kier alpha value is -5.10. The van der Waals surface area contributed by atoms with E-state index in [-0.39, 0.29) is 39.5 Å². The van der Waals surface area contributed by atoms with Gasteiger partial charge in [0.15, 0.2) is 5.82 Å². The van der Waals surface area contributed by atoms with Gasteiger partial charge in [-0.15, -0.1) is 0 Å². The number of amides is 1. The van der Waals surface area contributed by atoms with Crippen molar-refractivity contribution in [1.82, 2.24) is 34.4 Å². The summed E-state index contributed by atoms with van der Waals surface area (Å²) < 4.78 is 119. The maximum atomic E-state index is 15.6. The molecule has 294 valence electrons. The van der Waals surface area contributed by atoms with Crippen molar-refractivity contribution in [2.75, 3.05) is 17.6 Å². The number of fused-ring (bicyclic) bond motifs is 5. The van der Waals surface area contributed by atoms with Gasteiger partial charge in [-0.05, 0) is 48.2 Å². The number of anilines is 1. The molecule has 1 fully saturated rings. The van der Waals surface area contributed by atoms with Crippen molar-refractivity contribution in [3.63, 3.8) is 0 Å². The van der Waals surface area contributed by atoms with Crippen LogP contribution in [0.15, 0.2) is 48.7 Å². The maximum absolute atomic E-state index is 15.6. The van der Waals surface area contributed by atoms with Gasteiger partial charge in [0, 0.05) is 61.9 Å². The zero-order valence-corrected chi connectivity index (χ0v) is 31.9. The molecule has 2 aliphatic rings. The minimum Gasteiger partial charge on any atom is -0.349 e. The van der Waals surface area contributed by atoms with E-state index < -0.39 is 81.6 Å². The Bertz CT molecular complexity index is 2710. The van der Waals surface area contributed by atoms with Gasteiger partial charge in [-0.25, -0.2) is 31.0 Å². The van der Waals surface area contributed by atoms with Gasteiger partial charge >= 0.3 is 0 Å². The molecule has 56 heavy (non-hydrogen) atoms. The lowest BCUT2D eigenvalue weighted by atomic mass is 9.93. The third-order valence-electron chi connectivity index (χ3n) is 10.9. The number of sulfonamides is 1. The van der Waals surface area contributed by atoms with Gasteiger partial charge in [0.1, 0.15) is 29.6 Å². The molecule has 4 heterocycles. The molecule has 1 saturated carbocycles. The molecule has 4 aromatic heterocycles. The fourth-order valence-electron chi connectivity index (χ4n) is 8.26. The van der Waals surface area contributed by atoms with E-state index >= 15 is 8.78 Å². The number of nitrogens with one attached hydrogen (secondary N) is 1. The average molecular weight is 819 g/mol. The van der Waals surface area contributed by atoms with Gasteiger partial charge in [-0.2, -0.15) is 19.0 Å². The van der Waals surface area contributed by atoms with Crippen LogP contribution in [-0.4, -0.2) is 56.7 Å². The van der Waals surface area contributed by atoms with E-state index in [0.29, 0.717) is 38.4 Å². The summed E-state index contributed by atoms with van der Waals surface area (Å²) in [6, 6.07) is 8.27. The molecule has 1 N–H and O–H groups in total. The Balaban J connectivity index is 1.29. The van der Waals surface area contributed by atoms with Gasteiger partial charge in [0.05, 0.1) is 45.0 Å². The molecule has 19 heteroatoms. The lowest BCUT2D eigenvalue weighted by Crippen LogP contribution is -2.35. The van der Waals surface area contributed by atoms with Crippen molar-refractivity contribution < 1.29 is 39.6 Å². The van der Waals surface area contributed by atoms with Crippen LogP contribution in [0.4, 0.5) is 32.2 Å². The standard InChI is InChI=1S/C37H33ClF6N8O3S/c1-16-27-29-32(35(41)42)47-52(34(29)37(43,44)30(16)27)15-26(53)45-24(12-17-10-18(39)13-19(40)11-17)31-21(14-25-23(46-31)8-9-49(25)2)20-6-7-22(38)28-33(20)50(3)48-36(28)51(4)56(5,54)55/h6-11,13-14,16,24,27,30,35H,12,15H2,1-5H3,(H,45,53)/t16-,24?,27-,30-/m1/s1. The van der Waals surface area contributed by atoms with Crippen molar-refractivity contribution in [2.24, 2.45) is 25.9 Å². The Morgan fingerprint density at radius 3 is 2.39 bits per heavy atom. The highest BCUT2D eigenvalue weighted by Crippen LogP contribution is 2.71. The highest BCUT2D eigenvalue weighted by molar-refractivity contribution is 7.92. The highest BCUT2D eigenvalue weighted by atomic mass is 35.5. The number of carbonyl (C=O) groups excluding carboxylic acids is 1. The fraction of sp³-hybridized carbons (Fsp3) is 0.351. The molecule has 1 amide bonds. The van der Waals surface area contributed by atoms with E-state index in [9.17, 15) is 30.8 Å². The largest absolute Gasteiger partial charge is 0.349 e. The first-order valence-electron chi connectivity index (χ1n) is 17.3. The number of aromatic nitrogens is 6. The Morgan fingerprint density at radius 2 is 1.73 bits per heavy atom. The van der Waals surface area contributed by atoms with Crippen molar-refractivity contribution >= 4 is 55.3 Å². The van der Waals surface area contributed by atoms with Crippen LogP contribution in [0.25, 0.3) is 33.1 Å². The first-order valence-corrected chi connectivity index (χ1v) is 19.6. The van der Waals surface area contributed by atoms with Crippen LogP contribution in [-0.2, 0) is 47.8 Å². The van der Waals surface area contributed by atoms with E-state index in [1.54, 1.807) is 56.0 Å². The third-order valence-corrected chi connectivity index (χ3v) is 12.4. The van der Waals surface area contributed by atoms with Gasteiger partial charge in [-0.3, -0.25) is 18.5 Å². The van der Waals surface area contributed by atoms with Crippen LogP contribution in [0.5, 0.6) is 0 Å². The molecule has 11 nitrogen and oxygen atoms in total. The summed E-state index contributed by atoms with van der Waals surface area (Å²) >= 11 is 6.69. The van der Waals surface area contributed by atoms with Crippen LogP contribution in [0.3, 0.4) is 0 Å². The van der Waals surface area contributed by atoms with E-state index in [1.165, 1.54) is 11.7 Å². The van der Waals surface area contributed by atoms with Gasteiger partial charge < -0.3 is 9.88 Å². The third kappa shape index (κ3) is 5.99. The summed E-state index contributed by atoms with van der Waals surface area (Å²) in [5.74, 6) is -8.68. The smallest absolute Gasteiger partial charge is 0.293 e. The van der Waals surface area contributed by atoms with Crippen molar-refractivity contribution in [1.29, 1.82) is 0 Å². The molecular weight excluding hydrogens is 786 g/mol. The molecule has 0 radical (unpaired) electrons. The number of hydrogen-bond donors (Lipinski definition) is 1. The topological polar surface area (TPSA) is 120 Å². The molecule has 0 saturated heterocycles. The molecule has 6 aromatic rings. The van der Waals surface area contributed by atoms with Gasteiger partial charge in [0.25, 0.3) is 12.3 Å². The molecule has 0 aliphatic heterocycles. The monoisotopic (exact) mass is 818 g/mol. The summed E-state index contributed by atoms with van der Waals surface area (Å²) in [6.07, 6.45) is -0.669. The van der Waals surface area contributed by atoms with Crippen LogP contribution in [0.2, 0.25) is 5.02 Å². The predicted molar refractivity (Wildman–Crippen MR) is 196 cm³/mol. The number of halogens is 7. The van der Waals surface area contributed by atoms with Crippen molar-refractivity contribution in [2.45, 2.75) is 44.2 Å². The average Bonchev–Trinajstić information content (AvgIpc) is 3.41. The van der Waals surface area contributed by atoms with Crippen molar-refractivity contribution in [3.8, 4) is 11.1 Å². The summed E-state index contributed by atoms with van der Waals surface area (Å²) in [7, 11) is 0.890. The molecule has 4 atom stereocenters. The number of rotatable bonds is 10. The van der Waals surface area contributed by atoms with E-state index in [2.05, 4.69) is 15.5 Å². The zero-order chi connectivity index (χ0) is 40.3. The molecular formula is C37H33ClF6N8O3S. The van der Waals surface area contributed by atoms with Crippen LogP contribution < -0.4 is 9.62 Å². The molecule has 0 spiro atoms. The SMILES string of the molecule is C[C@@H]1[C@@H]2c3c(C(F)F)nn(CC(=O)NC(Cc4cc(F)cc(F)c4)c4nc5ccn(C)c5cc4-c4ccc(Cl)c5c(N(C)S(C)(=O)=O)nn(C)c45)c3C(F)(F)[C@H]12. The van der Waals surface area contributed by atoms with E-state index in [1.807, 2.05) is 0 Å². The predicted octanol–water partition coefficient (Wildman–Crippen LogP) is 7.14. The number of alkyl halides is 4. The Labute approximate surface area is 320 Å². The zero-order valence-electron chi connectivity index (χ0n) is 30.3. The van der Waals surface area contributed by atoms with Gasteiger partial charge in [0.2, 0.25) is 15.9 Å². The van der Waals surface area contributed by atoms with E-state index in [0.717, 1.165) is 22.7 Å². The second kappa shape index (κ2) is 13.0. The fourth-order valence-corrected chi connectivity index (χ4v) is 8.94. The molecule has 1 unspecified atom stereocenters. The molecule has 0 bridgehead atoms. The minimum absolute atomic E-state index is 0.0325. The second-order valence-electron chi connectivity index (χ2n) is 14.5. The number of carbonyl (C=O) groups is 1. The normalized spacial score (nSPS) is 19.1. The molecule has 2 aromatic carbocycles. The highest BCUT2D eigenvalue weighted by Gasteiger charge is 2.71. The van der Waals surface area contributed by atoms with Gasteiger partial charge in [-0.1, -0.05) is 24.6 Å². The molecule has 2 aliphatic carbocycles. The maximum Gasteiger partial charge on any atom is 0.293 e. The van der Waals surface area contributed by atoms with Crippen LogP contribution in [0.1, 0.15) is 53.5 Å². The number of pyridine rings is 1. The Morgan fingerprint density at radius 1 is 1.04 bits per heavy atom. The first-order chi connectivity index (χ1) is 26.3. The second-order valence-corrected chi connectivity index (χ2v) is 16.9. The minimum atomic E-state index is -3.80. The lowest BCUT2D eigenvalue weighted by Gasteiger charge is -2.23.